The minimum Gasteiger partial charge on any atom is -0.507 e. The number of ether oxygens (including phenoxy) is 2. The molecule has 8 heteroatoms. The van der Waals surface area contributed by atoms with Gasteiger partial charge in [-0.1, -0.05) is 15.9 Å². The van der Waals surface area contributed by atoms with Crippen LogP contribution >= 0.6 is 15.9 Å². The summed E-state index contributed by atoms with van der Waals surface area (Å²) in [6, 6.07) is 4.31. The van der Waals surface area contributed by atoms with Gasteiger partial charge in [0, 0.05) is 17.4 Å². The molecule has 120 valence electrons. The minimum absolute atomic E-state index is 0.0344. The molecule has 0 aliphatic carbocycles. The average molecular weight is 374 g/mol. The number of amides is 1. The quantitative estimate of drug-likeness (QED) is 0.552. The number of esters is 2. The number of halogens is 1. The molecule has 0 saturated carbocycles. The van der Waals surface area contributed by atoms with E-state index in [-0.39, 0.29) is 30.2 Å². The molecule has 0 radical (unpaired) electrons. The number of aromatic hydroxyl groups is 1. The molecular weight excluding hydrogens is 358 g/mol. The van der Waals surface area contributed by atoms with Crippen molar-refractivity contribution in [1.29, 1.82) is 0 Å². The van der Waals surface area contributed by atoms with Crippen molar-refractivity contribution in [2.75, 3.05) is 20.3 Å². The van der Waals surface area contributed by atoms with Crippen LogP contribution in [0.1, 0.15) is 23.2 Å². The Labute approximate surface area is 135 Å². The minimum atomic E-state index is -0.802. The summed E-state index contributed by atoms with van der Waals surface area (Å²) in [6.45, 7) is -0.198. The van der Waals surface area contributed by atoms with Gasteiger partial charge < -0.3 is 19.9 Å². The van der Waals surface area contributed by atoms with Gasteiger partial charge in [-0.05, 0) is 24.6 Å². The highest BCUT2D eigenvalue weighted by molar-refractivity contribution is 9.10. The van der Waals surface area contributed by atoms with Crippen LogP contribution in [0.15, 0.2) is 22.7 Å². The van der Waals surface area contributed by atoms with E-state index in [2.05, 4.69) is 26.0 Å². The number of benzene rings is 1. The molecule has 1 aromatic carbocycles. The summed E-state index contributed by atoms with van der Waals surface area (Å²) in [6.07, 6.45) is 0.626. The lowest BCUT2D eigenvalue weighted by Crippen LogP contribution is -2.30. The number of methoxy groups -OCH3 is 1. The predicted octanol–water partition coefficient (Wildman–Crippen LogP) is 1.38. The molecule has 1 rings (SSSR count). The fourth-order valence-electron chi connectivity index (χ4n) is 1.49. The van der Waals surface area contributed by atoms with Crippen LogP contribution in [-0.4, -0.2) is 43.2 Å². The average Bonchev–Trinajstić information content (AvgIpc) is 2.51. The molecule has 0 unspecified atom stereocenters. The number of nitrogens with one attached hydrogen (secondary N) is 1. The van der Waals surface area contributed by atoms with Crippen LogP contribution in [0.3, 0.4) is 0 Å². The molecule has 1 amide bonds. The topological polar surface area (TPSA) is 102 Å². The summed E-state index contributed by atoms with van der Waals surface area (Å²) in [7, 11) is 1.29. The lowest BCUT2D eigenvalue weighted by molar-refractivity contribution is -0.140. The molecule has 22 heavy (non-hydrogen) atoms. The molecule has 0 spiro atoms. The number of phenolic OH excluding ortho intramolecular Hbond substituents is 1. The lowest BCUT2D eigenvalue weighted by Gasteiger charge is -2.07. The fourth-order valence-corrected chi connectivity index (χ4v) is 1.86. The molecule has 0 fully saturated rings. The van der Waals surface area contributed by atoms with Crippen molar-refractivity contribution >= 4 is 33.8 Å². The third kappa shape index (κ3) is 6.13. The second kappa shape index (κ2) is 9.04. The van der Waals surface area contributed by atoms with Gasteiger partial charge in [-0.15, -0.1) is 0 Å². The Bertz CT molecular complexity index is 560. The van der Waals surface area contributed by atoms with Gasteiger partial charge in [0.1, 0.15) is 11.3 Å². The zero-order valence-corrected chi connectivity index (χ0v) is 13.5. The first-order chi connectivity index (χ1) is 10.4. The highest BCUT2D eigenvalue weighted by Crippen LogP contribution is 2.22. The number of hydrogen-bond donors (Lipinski definition) is 2. The van der Waals surface area contributed by atoms with Crippen LogP contribution in [0.2, 0.25) is 0 Å². The fraction of sp³-hybridized carbons (Fsp3) is 0.357. The number of carbonyl (C=O) groups is 3. The number of rotatable bonds is 7. The highest BCUT2D eigenvalue weighted by atomic mass is 79.9. The van der Waals surface area contributed by atoms with E-state index in [1.807, 2.05) is 0 Å². The largest absolute Gasteiger partial charge is 0.507 e. The van der Waals surface area contributed by atoms with E-state index in [1.54, 1.807) is 6.07 Å². The molecule has 0 aromatic heterocycles. The molecule has 0 heterocycles. The van der Waals surface area contributed by atoms with E-state index >= 15 is 0 Å². The zero-order valence-electron chi connectivity index (χ0n) is 11.9. The van der Waals surface area contributed by atoms with E-state index in [1.165, 1.54) is 19.2 Å². The van der Waals surface area contributed by atoms with Crippen molar-refractivity contribution in [3.8, 4) is 5.75 Å². The Morgan fingerprint density at radius 1 is 1.32 bits per heavy atom. The van der Waals surface area contributed by atoms with E-state index < -0.39 is 18.5 Å². The first-order valence-electron chi connectivity index (χ1n) is 6.43. The van der Waals surface area contributed by atoms with Crippen molar-refractivity contribution < 1.29 is 29.0 Å². The monoisotopic (exact) mass is 373 g/mol. The number of hydrogen-bond acceptors (Lipinski definition) is 6. The molecule has 2 N–H and O–H groups in total. The molecular formula is C14H16BrNO6. The van der Waals surface area contributed by atoms with Gasteiger partial charge in [0.05, 0.1) is 7.11 Å². The van der Waals surface area contributed by atoms with Gasteiger partial charge >= 0.3 is 11.9 Å². The molecule has 0 aliphatic rings. The Kier molecular flexibility index (Phi) is 7.38. The van der Waals surface area contributed by atoms with Crippen LogP contribution in [0, 0.1) is 0 Å². The maximum absolute atomic E-state index is 11.7. The summed E-state index contributed by atoms with van der Waals surface area (Å²) < 4.78 is 9.86. The third-order valence-corrected chi connectivity index (χ3v) is 3.11. The Morgan fingerprint density at radius 3 is 2.73 bits per heavy atom. The van der Waals surface area contributed by atoms with E-state index in [0.717, 1.165) is 0 Å². The molecule has 1 aromatic rings. The van der Waals surface area contributed by atoms with Crippen LogP contribution in [0.4, 0.5) is 0 Å². The number of phenols is 1. The van der Waals surface area contributed by atoms with Crippen molar-refractivity contribution in [2.24, 2.45) is 0 Å². The SMILES string of the molecule is COC(=O)CCCNC(=O)COC(=O)c1cc(Br)ccc1O. The summed E-state index contributed by atoms with van der Waals surface area (Å²) >= 11 is 3.17. The standard InChI is InChI=1S/C14H16BrNO6/c1-21-13(19)3-2-6-16-12(18)8-22-14(20)10-7-9(15)4-5-11(10)17/h4-5,7,17H,2-3,6,8H2,1H3,(H,16,18). The molecule has 0 atom stereocenters. The summed E-state index contributed by atoms with van der Waals surface area (Å²) in [5.74, 6) is -1.88. The van der Waals surface area contributed by atoms with E-state index in [9.17, 15) is 19.5 Å². The van der Waals surface area contributed by atoms with Crippen LogP contribution in [-0.2, 0) is 19.1 Å². The van der Waals surface area contributed by atoms with Gasteiger partial charge in [0.15, 0.2) is 6.61 Å². The maximum atomic E-state index is 11.7. The Morgan fingerprint density at radius 2 is 2.05 bits per heavy atom. The zero-order chi connectivity index (χ0) is 16.5. The number of carbonyl (C=O) groups excluding carboxylic acids is 3. The second-order valence-corrected chi connectivity index (χ2v) is 5.18. The van der Waals surface area contributed by atoms with Crippen LogP contribution in [0.25, 0.3) is 0 Å². The summed E-state index contributed by atoms with van der Waals surface area (Å²) in [5.41, 5.74) is -0.0344. The second-order valence-electron chi connectivity index (χ2n) is 4.27. The van der Waals surface area contributed by atoms with Gasteiger partial charge in [0.2, 0.25) is 0 Å². The van der Waals surface area contributed by atoms with Crippen molar-refractivity contribution in [3.05, 3.63) is 28.2 Å². The van der Waals surface area contributed by atoms with Crippen molar-refractivity contribution in [2.45, 2.75) is 12.8 Å². The van der Waals surface area contributed by atoms with Crippen molar-refractivity contribution in [3.63, 3.8) is 0 Å². The normalized spacial score (nSPS) is 9.91. The summed E-state index contributed by atoms with van der Waals surface area (Å²) in [5, 5.41) is 12.1. The van der Waals surface area contributed by atoms with Gasteiger partial charge in [-0.3, -0.25) is 9.59 Å². The molecule has 0 saturated heterocycles. The lowest BCUT2D eigenvalue weighted by atomic mass is 10.2. The van der Waals surface area contributed by atoms with E-state index in [4.69, 9.17) is 4.74 Å². The van der Waals surface area contributed by atoms with Crippen LogP contribution < -0.4 is 5.32 Å². The third-order valence-electron chi connectivity index (χ3n) is 2.62. The predicted molar refractivity (Wildman–Crippen MR) is 80.3 cm³/mol. The highest BCUT2D eigenvalue weighted by Gasteiger charge is 2.14. The Balaban J connectivity index is 2.33. The molecule has 0 aliphatic heterocycles. The first-order valence-corrected chi connectivity index (χ1v) is 7.22. The van der Waals surface area contributed by atoms with Gasteiger partial charge in [0.25, 0.3) is 5.91 Å². The first kappa shape index (κ1) is 18.0. The molecule has 7 nitrogen and oxygen atoms in total. The van der Waals surface area contributed by atoms with Gasteiger partial charge in [-0.2, -0.15) is 0 Å². The van der Waals surface area contributed by atoms with Crippen molar-refractivity contribution in [1.82, 2.24) is 5.32 Å². The maximum Gasteiger partial charge on any atom is 0.342 e. The molecule has 0 bridgehead atoms. The summed E-state index contributed by atoms with van der Waals surface area (Å²) in [4.78, 5) is 34.1. The van der Waals surface area contributed by atoms with E-state index in [0.29, 0.717) is 10.9 Å². The Hall–Kier alpha value is -2.09. The smallest absolute Gasteiger partial charge is 0.342 e. The van der Waals surface area contributed by atoms with Crippen LogP contribution in [0.5, 0.6) is 5.75 Å². The van der Waals surface area contributed by atoms with Gasteiger partial charge in [-0.25, -0.2) is 4.79 Å².